The van der Waals surface area contributed by atoms with Gasteiger partial charge in [0.1, 0.15) is 5.82 Å². The van der Waals surface area contributed by atoms with Crippen molar-refractivity contribution in [1.29, 1.82) is 0 Å². The van der Waals surface area contributed by atoms with E-state index in [0.29, 0.717) is 18.1 Å². The van der Waals surface area contributed by atoms with Gasteiger partial charge in [0.05, 0.1) is 30.2 Å². The van der Waals surface area contributed by atoms with Crippen LogP contribution in [0, 0.1) is 0 Å². The first-order chi connectivity index (χ1) is 8.11. The van der Waals surface area contributed by atoms with E-state index < -0.39 is 6.10 Å². The minimum Gasteiger partial charge on any atom is -0.392 e. The van der Waals surface area contributed by atoms with Crippen molar-refractivity contribution in [2.45, 2.75) is 26.1 Å². The van der Waals surface area contributed by atoms with Gasteiger partial charge in [-0.05, 0) is 32.2 Å². The van der Waals surface area contributed by atoms with E-state index in [1.54, 1.807) is 6.92 Å². The number of aromatic nitrogens is 2. The third-order valence-corrected chi connectivity index (χ3v) is 2.81. The monoisotopic (exact) mass is 253 g/mol. The molecule has 0 saturated heterocycles. The van der Waals surface area contributed by atoms with Crippen molar-refractivity contribution >= 4 is 22.6 Å². The van der Waals surface area contributed by atoms with Gasteiger partial charge in [0, 0.05) is 5.02 Å². The van der Waals surface area contributed by atoms with Crippen LogP contribution in [0.5, 0.6) is 0 Å². The maximum absolute atomic E-state index is 9.54. The van der Waals surface area contributed by atoms with Crippen LogP contribution in [0.1, 0.15) is 12.7 Å². The van der Waals surface area contributed by atoms with Crippen LogP contribution >= 0.6 is 11.6 Å². The standard InChI is InChI=1S/C12H16ClN3O/c1-8(17)7-16-11-4-3-9(13)5-10(11)15-12(16)6-14-2/h3-5,8,14,17H,6-7H2,1-2H3. The molecule has 1 aromatic carbocycles. The molecule has 1 heterocycles. The Morgan fingerprint density at radius 3 is 2.94 bits per heavy atom. The van der Waals surface area contributed by atoms with Crippen molar-refractivity contribution in [2.24, 2.45) is 0 Å². The Bertz CT molecular complexity index is 522. The van der Waals surface area contributed by atoms with Gasteiger partial charge in [-0.15, -0.1) is 0 Å². The molecule has 0 aliphatic carbocycles. The minimum absolute atomic E-state index is 0.404. The molecular weight excluding hydrogens is 238 g/mol. The van der Waals surface area contributed by atoms with E-state index in [9.17, 15) is 5.11 Å². The Labute approximate surface area is 105 Å². The fourth-order valence-corrected chi connectivity index (χ4v) is 2.08. The molecule has 0 bridgehead atoms. The molecule has 1 unspecified atom stereocenters. The molecule has 2 N–H and O–H groups in total. The number of hydrogen-bond acceptors (Lipinski definition) is 3. The highest BCUT2D eigenvalue weighted by molar-refractivity contribution is 6.31. The molecular formula is C12H16ClN3O. The first kappa shape index (κ1) is 12.4. The fraction of sp³-hybridized carbons (Fsp3) is 0.417. The molecule has 0 spiro atoms. The molecule has 0 fully saturated rings. The van der Waals surface area contributed by atoms with Crippen LogP contribution < -0.4 is 5.32 Å². The molecule has 17 heavy (non-hydrogen) atoms. The van der Waals surface area contributed by atoms with E-state index in [1.165, 1.54) is 0 Å². The zero-order valence-corrected chi connectivity index (χ0v) is 10.7. The molecule has 0 amide bonds. The molecule has 0 radical (unpaired) electrons. The van der Waals surface area contributed by atoms with Gasteiger partial charge in [-0.25, -0.2) is 4.98 Å². The second-order valence-electron chi connectivity index (χ2n) is 4.15. The summed E-state index contributed by atoms with van der Waals surface area (Å²) in [5.74, 6) is 0.908. The van der Waals surface area contributed by atoms with E-state index in [4.69, 9.17) is 11.6 Å². The van der Waals surface area contributed by atoms with Gasteiger partial charge in [0.2, 0.25) is 0 Å². The number of aliphatic hydroxyl groups excluding tert-OH is 1. The maximum Gasteiger partial charge on any atom is 0.123 e. The number of imidazole rings is 1. The zero-order chi connectivity index (χ0) is 12.4. The first-order valence-electron chi connectivity index (χ1n) is 5.59. The summed E-state index contributed by atoms with van der Waals surface area (Å²) in [6.07, 6.45) is -0.404. The minimum atomic E-state index is -0.404. The summed E-state index contributed by atoms with van der Waals surface area (Å²) in [7, 11) is 1.87. The summed E-state index contributed by atoms with van der Waals surface area (Å²) in [5, 5.41) is 13.3. The number of rotatable bonds is 4. The fourth-order valence-electron chi connectivity index (χ4n) is 1.91. The van der Waals surface area contributed by atoms with Crippen molar-refractivity contribution in [1.82, 2.24) is 14.9 Å². The normalized spacial score (nSPS) is 13.2. The Kier molecular flexibility index (Phi) is 3.66. The Hall–Kier alpha value is -1.10. The van der Waals surface area contributed by atoms with E-state index in [1.807, 2.05) is 29.8 Å². The molecule has 4 nitrogen and oxygen atoms in total. The number of nitrogens with zero attached hydrogens (tertiary/aromatic N) is 2. The van der Waals surface area contributed by atoms with Crippen molar-refractivity contribution in [3.8, 4) is 0 Å². The van der Waals surface area contributed by atoms with Crippen molar-refractivity contribution in [3.05, 3.63) is 29.0 Å². The lowest BCUT2D eigenvalue weighted by molar-refractivity contribution is 0.173. The van der Waals surface area contributed by atoms with Crippen LogP contribution in [0.15, 0.2) is 18.2 Å². The molecule has 2 rings (SSSR count). The maximum atomic E-state index is 9.54. The van der Waals surface area contributed by atoms with Gasteiger partial charge in [-0.3, -0.25) is 0 Å². The van der Waals surface area contributed by atoms with Crippen LogP contribution in [-0.4, -0.2) is 27.8 Å². The van der Waals surface area contributed by atoms with E-state index in [-0.39, 0.29) is 0 Å². The molecule has 0 aliphatic heterocycles. The van der Waals surface area contributed by atoms with E-state index in [0.717, 1.165) is 16.9 Å². The van der Waals surface area contributed by atoms with E-state index in [2.05, 4.69) is 10.3 Å². The Balaban J connectivity index is 2.54. The summed E-state index contributed by atoms with van der Waals surface area (Å²) in [4.78, 5) is 4.52. The van der Waals surface area contributed by atoms with Crippen LogP contribution in [0.3, 0.4) is 0 Å². The number of fused-ring (bicyclic) bond motifs is 1. The predicted molar refractivity (Wildman–Crippen MR) is 69.2 cm³/mol. The Morgan fingerprint density at radius 1 is 1.53 bits per heavy atom. The van der Waals surface area contributed by atoms with Gasteiger partial charge in [0.15, 0.2) is 0 Å². The third kappa shape index (κ3) is 2.60. The SMILES string of the molecule is CNCc1nc2cc(Cl)ccc2n1CC(C)O. The summed E-state index contributed by atoms with van der Waals surface area (Å²) in [5.41, 5.74) is 1.86. The topological polar surface area (TPSA) is 50.1 Å². The number of aliphatic hydroxyl groups is 1. The van der Waals surface area contributed by atoms with Crippen molar-refractivity contribution in [3.63, 3.8) is 0 Å². The lowest BCUT2D eigenvalue weighted by Crippen LogP contribution is -2.17. The van der Waals surface area contributed by atoms with Crippen LogP contribution in [0.4, 0.5) is 0 Å². The van der Waals surface area contributed by atoms with Gasteiger partial charge >= 0.3 is 0 Å². The zero-order valence-electron chi connectivity index (χ0n) is 9.94. The number of hydrogen-bond donors (Lipinski definition) is 2. The van der Waals surface area contributed by atoms with Crippen LogP contribution in [0.25, 0.3) is 11.0 Å². The van der Waals surface area contributed by atoms with Crippen LogP contribution in [0.2, 0.25) is 5.02 Å². The number of benzene rings is 1. The van der Waals surface area contributed by atoms with Crippen LogP contribution in [-0.2, 0) is 13.1 Å². The summed E-state index contributed by atoms with van der Waals surface area (Å²) in [6, 6.07) is 5.62. The first-order valence-corrected chi connectivity index (χ1v) is 5.97. The predicted octanol–water partition coefficient (Wildman–Crippen LogP) is 1.79. The second-order valence-corrected chi connectivity index (χ2v) is 4.59. The highest BCUT2D eigenvalue weighted by Crippen LogP contribution is 2.21. The van der Waals surface area contributed by atoms with Gasteiger partial charge in [0.25, 0.3) is 0 Å². The largest absolute Gasteiger partial charge is 0.392 e. The second kappa shape index (κ2) is 5.04. The molecule has 5 heteroatoms. The lowest BCUT2D eigenvalue weighted by atomic mass is 10.3. The smallest absolute Gasteiger partial charge is 0.123 e. The lowest BCUT2D eigenvalue weighted by Gasteiger charge is -2.10. The molecule has 0 saturated carbocycles. The molecule has 0 aliphatic rings. The average Bonchev–Trinajstić information content (AvgIpc) is 2.56. The third-order valence-electron chi connectivity index (χ3n) is 2.57. The average molecular weight is 254 g/mol. The summed E-state index contributed by atoms with van der Waals surface area (Å²) >= 11 is 5.95. The van der Waals surface area contributed by atoms with Crippen molar-refractivity contribution < 1.29 is 5.11 Å². The van der Waals surface area contributed by atoms with Gasteiger partial charge in [-0.1, -0.05) is 11.6 Å². The Morgan fingerprint density at radius 2 is 2.29 bits per heavy atom. The summed E-state index contributed by atoms with van der Waals surface area (Å²) in [6.45, 7) is 2.97. The summed E-state index contributed by atoms with van der Waals surface area (Å²) < 4.78 is 2.02. The molecule has 92 valence electrons. The van der Waals surface area contributed by atoms with E-state index >= 15 is 0 Å². The highest BCUT2D eigenvalue weighted by atomic mass is 35.5. The van der Waals surface area contributed by atoms with Crippen molar-refractivity contribution in [2.75, 3.05) is 7.05 Å². The highest BCUT2D eigenvalue weighted by Gasteiger charge is 2.11. The van der Waals surface area contributed by atoms with Gasteiger partial charge < -0.3 is 15.0 Å². The van der Waals surface area contributed by atoms with Gasteiger partial charge in [-0.2, -0.15) is 0 Å². The number of halogens is 1. The quantitative estimate of drug-likeness (QED) is 0.874. The molecule has 1 atom stereocenters. The molecule has 1 aromatic heterocycles. The molecule has 2 aromatic rings. The number of nitrogens with one attached hydrogen (secondary N) is 1.